The van der Waals surface area contributed by atoms with Gasteiger partial charge < -0.3 is 10.2 Å². The second kappa shape index (κ2) is 6.76. The van der Waals surface area contributed by atoms with Gasteiger partial charge in [-0.05, 0) is 36.5 Å². The van der Waals surface area contributed by atoms with E-state index in [1.807, 2.05) is 0 Å². The van der Waals surface area contributed by atoms with Crippen molar-refractivity contribution in [3.63, 3.8) is 0 Å². The Labute approximate surface area is 125 Å². The average molecular weight is 325 g/mol. The molecule has 3 heteroatoms. The van der Waals surface area contributed by atoms with Gasteiger partial charge in [-0.1, -0.05) is 42.8 Å². The summed E-state index contributed by atoms with van der Waals surface area (Å²) in [4.78, 5) is 2.54. The van der Waals surface area contributed by atoms with Crippen molar-refractivity contribution >= 4 is 21.6 Å². The van der Waals surface area contributed by atoms with Crippen LogP contribution in [0.4, 0.5) is 5.69 Å². The molecule has 0 saturated carbocycles. The number of benzene rings is 1. The first-order chi connectivity index (χ1) is 9.06. The molecular weight excluding hydrogens is 300 g/mol. The van der Waals surface area contributed by atoms with Crippen molar-refractivity contribution in [2.75, 3.05) is 18.0 Å². The van der Waals surface area contributed by atoms with Gasteiger partial charge in [0.05, 0.1) is 0 Å². The molecule has 1 fully saturated rings. The van der Waals surface area contributed by atoms with Crippen molar-refractivity contribution in [3.05, 3.63) is 28.2 Å². The Bertz CT molecular complexity index is 409. The number of piperidine rings is 1. The van der Waals surface area contributed by atoms with Crippen LogP contribution in [0.25, 0.3) is 0 Å². The Balaban J connectivity index is 2.14. The van der Waals surface area contributed by atoms with Crippen LogP contribution in [0.15, 0.2) is 22.7 Å². The van der Waals surface area contributed by atoms with E-state index in [0.717, 1.165) is 12.5 Å². The maximum Gasteiger partial charge on any atom is 0.0423 e. The summed E-state index contributed by atoms with van der Waals surface area (Å²) < 4.78 is 1.18. The third-order valence-electron chi connectivity index (χ3n) is 3.87. The van der Waals surface area contributed by atoms with E-state index < -0.39 is 0 Å². The Morgan fingerprint density at radius 3 is 2.63 bits per heavy atom. The van der Waals surface area contributed by atoms with Gasteiger partial charge in [-0.15, -0.1) is 0 Å². The number of rotatable bonds is 4. The van der Waals surface area contributed by atoms with E-state index in [2.05, 4.69) is 65.1 Å². The molecule has 0 bridgehead atoms. The molecule has 1 aromatic carbocycles. The molecule has 0 aliphatic carbocycles. The molecule has 2 rings (SSSR count). The normalized spacial score (nSPS) is 17.2. The molecule has 1 aliphatic heterocycles. The lowest BCUT2D eigenvalue weighted by atomic mass is 9.98. The molecule has 0 unspecified atom stereocenters. The molecule has 1 heterocycles. The number of nitrogens with zero attached hydrogens (tertiary/aromatic N) is 1. The predicted octanol–water partition coefficient (Wildman–Crippen LogP) is 4.18. The van der Waals surface area contributed by atoms with Gasteiger partial charge in [0.25, 0.3) is 0 Å². The van der Waals surface area contributed by atoms with Gasteiger partial charge >= 0.3 is 0 Å². The van der Waals surface area contributed by atoms with E-state index in [1.165, 1.54) is 41.7 Å². The summed E-state index contributed by atoms with van der Waals surface area (Å²) in [6.45, 7) is 10.1. The first-order valence-corrected chi connectivity index (χ1v) is 8.12. The Kier molecular flexibility index (Phi) is 5.28. The maximum absolute atomic E-state index is 3.61. The first kappa shape index (κ1) is 14.9. The smallest absolute Gasteiger partial charge is 0.0423 e. The fourth-order valence-corrected chi connectivity index (χ4v) is 2.89. The monoisotopic (exact) mass is 324 g/mol. The van der Waals surface area contributed by atoms with E-state index in [1.54, 1.807) is 0 Å². The summed E-state index contributed by atoms with van der Waals surface area (Å²) in [5.41, 5.74) is 2.81. The second-order valence-electron chi connectivity index (χ2n) is 5.98. The molecule has 0 aromatic heterocycles. The zero-order valence-electron chi connectivity index (χ0n) is 12.2. The zero-order valence-corrected chi connectivity index (χ0v) is 13.8. The topological polar surface area (TPSA) is 15.3 Å². The van der Waals surface area contributed by atoms with Gasteiger partial charge in [-0.25, -0.2) is 0 Å². The highest BCUT2D eigenvalue weighted by Gasteiger charge is 2.18. The van der Waals surface area contributed by atoms with Crippen LogP contribution in [0.3, 0.4) is 0 Å². The standard InChI is InChI=1S/C16H25BrN2/c1-12(2)18-11-14-4-5-15(17)10-16(14)19-8-6-13(3)7-9-19/h4-5,10,12-13,18H,6-9,11H2,1-3H3. The molecule has 0 radical (unpaired) electrons. The number of halogens is 1. The number of nitrogens with one attached hydrogen (secondary N) is 1. The van der Waals surface area contributed by atoms with E-state index in [4.69, 9.17) is 0 Å². The van der Waals surface area contributed by atoms with Crippen molar-refractivity contribution in [2.45, 2.75) is 46.2 Å². The van der Waals surface area contributed by atoms with Crippen LogP contribution in [-0.2, 0) is 6.54 Å². The lowest BCUT2D eigenvalue weighted by Crippen LogP contribution is -2.34. The second-order valence-corrected chi connectivity index (χ2v) is 6.89. The van der Waals surface area contributed by atoms with Crippen LogP contribution in [0.5, 0.6) is 0 Å². The van der Waals surface area contributed by atoms with Crippen LogP contribution in [0, 0.1) is 5.92 Å². The minimum Gasteiger partial charge on any atom is -0.371 e. The number of anilines is 1. The quantitative estimate of drug-likeness (QED) is 0.893. The van der Waals surface area contributed by atoms with Crippen molar-refractivity contribution in [1.82, 2.24) is 5.32 Å². The summed E-state index contributed by atoms with van der Waals surface area (Å²) in [7, 11) is 0. The van der Waals surface area contributed by atoms with Crippen LogP contribution in [0.1, 0.15) is 39.2 Å². The fraction of sp³-hybridized carbons (Fsp3) is 0.625. The van der Waals surface area contributed by atoms with Crippen LogP contribution in [-0.4, -0.2) is 19.1 Å². The van der Waals surface area contributed by atoms with E-state index in [9.17, 15) is 0 Å². The Morgan fingerprint density at radius 1 is 1.32 bits per heavy atom. The van der Waals surface area contributed by atoms with Crippen LogP contribution < -0.4 is 10.2 Å². The van der Waals surface area contributed by atoms with Gasteiger partial charge in [0.2, 0.25) is 0 Å². The van der Waals surface area contributed by atoms with Gasteiger partial charge in [-0.2, -0.15) is 0 Å². The largest absolute Gasteiger partial charge is 0.371 e. The SMILES string of the molecule is CC1CCN(c2cc(Br)ccc2CNC(C)C)CC1. The van der Waals surface area contributed by atoms with Crippen molar-refractivity contribution in [2.24, 2.45) is 5.92 Å². The molecule has 0 amide bonds. The molecule has 1 N–H and O–H groups in total. The number of hydrogen-bond donors (Lipinski definition) is 1. The summed E-state index contributed by atoms with van der Waals surface area (Å²) in [6.07, 6.45) is 2.62. The van der Waals surface area contributed by atoms with Crippen molar-refractivity contribution in [1.29, 1.82) is 0 Å². The molecular formula is C16H25BrN2. The molecule has 1 aliphatic rings. The fourth-order valence-electron chi connectivity index (χ4n) is 2.54. The zero-order chi connectivity index (χ0) is 13.8. The molecule has 0 spiro atoms. The molecule has 1 aromatic rings. The van der Waals surface area contributed by atoms with Crippen LogP contribution in [0.2, 0.25) is 0 Å². The van der Waals surface area contributed by atoms with Gasteiger partial charge in [0.15, 0.2) is 0 Å². The highest BCUT2D eigenvalue weighted by Crippen LogP contribution is 2.29. The third-order valence-corrected chi connectivity index (χ3v) is 4.37. The summed E-state index contributed by atoms with van der Waals surface area (Å²) in [5, 5.41) is 3.53. The summed E-state index contributed by atoms with van der Waals surface area (Å²) in [5.74, 6) is 0.876. The molecule has 19 heavy (non-hydrogen) atoms. The highest BCUT2D eigenvalue weighted by atomic mass is 79.9. The van der Waals surface area contributed by atoms with E-state index >= 15 is 0 Å². The lowest BCUT2D eigenvalue weighted by molar-refractivity contribution is 0.437. The molecule has 1 saturated heterocycles. The first-order valence-electron chi connectivity index (χ1n) is 7.33. The molecule has 106 valence electrons. The molecule has 2 nitrogen and oxygen atoms in total. The highest BCUT2D eigenvalue weighted by molar-refractivity contribution is 9.10. The maximum atomic E-state index is 3.61. The third kappa shape index (κ3) is 4.22. The lowest BCUT2D eigenvalue weighted by Gasteiger charge is -2.34. The minimum atomic E-state index is 0.526. The van der Waals surface area contributed by atoms with Crippen molar-refractivity contribution < 1.29 is 0 Å². The van der Waals surface area contributed by atoms with Gasteiger partial charge in [0, 0.05) is 35.8 Å². The summed E-state index contributed by atoms with van der Waals surface area (Å²) in [6, 6.07) is 7.19. The molecule has 0 atom stereocenters. The van der Waals surface area contributed by atoms with Gasteiger partial charge in [-0.3, -0.25) is 0 Å². The Hall–Kier alpha value is -0.540. The van der Waals surface area contributed by atoms with Crippen LogP contribution >= 0.6 is 15.9 Å². The van der Waals surface area contributed by atoms with E-state index in [-0.39, 0.29) is 0 Å². The predicted molar refractivity (Wildman–Crippen MR) is 86.7 cm³/mol. The Morgan fingerprint density at radius 2 is 2.00 bits per heavy atom. The average Bonchev–Trinajstić information content (AvgIpc) is 2.38. The van der Waals surface area contributed by atoms with E-state index in [0.29, 0.717) is 6.04 Å². The van der Waals surface area contributed by atoms with Crippen molar-refractivity contribution in [3.8, 4) is 0 Å². The van der Waals surface area contributed by atoms with Gasteiger partial charge in [0.1, 0.15) is 0 Å². The minimum absolute atomic E-state index is 0.526. The number of hydrogen-bond acceptors (Lipinski definition) is 2. The summed E-state index contributed by atoms with van der Waals surface area (Å²) >= 11 is 3.61.